The van der Waals surface area contributed by atoms with Crippen molar-refractivity contribution in [3.05, 3.63) is 40.7 Å². The van der Waals surface area contributed by atoms with Crippen LogP contribution in [0.15, 0.2) is 39.4 Å². The number of hydrogen-bond acceptors (Lipinski definition) is 4. The lowest BCUT2D eigenvalue weighted by Crippen LogP contribution is -2.41. The third-order valence-electron chi connectivity index (χ3n) is 3.23. The van der Waals surface area contributed by atoms with Gasteiger partial charge in [0, 0.05) is 51.1 Å². The van der Waals surface area contributed by atoms with Crippen molar-refractivity contribution in [1.82, 2.24) is 15.2 Å². The average Bonchev–Trinajstić information content (AvgIpc) is 3.16. The first kappa shape index (κ1) is 15.6. The van der Waals surface area contributed by atoms with E-state index in [2.05, 4.69) is 27.1 Å². The van der Waals surface area contributed by atoms with E-state index in [1.54, 1.807) is 24.6 Å². The van der Waals surface area contributed by atoms with Gasteiger partial charge < -0.3 is 14.6 Å². The molecule has 2 heterocycles. The zero-order valence-corrected chi connectivity index (χ0v) is 13.6. The van der Waals surface area contributed by atoms with Crippen LogP contribution in [0, 0.1) is 0 Å². The Labute approximate surface area is 129 Å². The van der Waals surface area contributed by atoms with Gasteiger partial charge in [-0.05, 0) is 12.1 Å². The summed E-state index contributed by atoms with van der Waals surface area (Å²) in [7, 11) is 3.85. The van der Waals surface area contributed by atoms with Crippen molar-refractivity contribution in [3.8, 4) is 0 Å². The fourth-order valence-corrected chi connectivity index (χ4v) is 2.88. The van der Waals surface area contributed by atoms with Gasteiger partial charge in [-0.1, -0.05) is 6.92 Å². The third kappa shape index (κ3) is 4.60. The standard InChI is InChI=1S/C15H22N4OS/c1-12(14-17-8-10-21-14)11-19(3)15(16-2)18-7-6-13-5-4-9-20-13/h4-5,8-10,12H,6-7,11H2,1-3H3,(H,16,18). The van der Waals surface area contributed by atoms with Gasteiger partial charge in [0.1, 0.15) is 5.76 Å². The lowest BCUT2D eigenvalue weighted by Gasteiger charge is -2.24. The summed E-state index contributed by atoms with van der Waals surface area (Å²) in [6.07, 6.45) is 4.40. The van der Waals surface area contributed by atoms with Crippen molar-refractivity contribution in [1.29, 1.82) is 0 Å². The average molecular weight is 306 g/mol. The van der Waals surface area contributed by atoms with Gasteiger partial charge in [-0.25, -0.2) is 4.98 Å². The van der Waals surface area contributed by atoms with Crippen molar-refractivity contribution < 1.29 is 4.42 Å². The number of rotatable bonds is 6. The quantitative estimate of drug-likeness (QED) is 0.658. The van der Waals surface area contributed by atoms with E-state index in [0.717, 1.165) is 36.2 Å². The van der Waals surface area contributed by atoms with E-state index in [4.69, 9.17) is 4.42 Å². The van der Waals surface area contributed by atoms with Crippen LogP contribution < -0.4 is 5.32 Å². The minimum atomic E-state index is 0.388. The molecule has 5 nitrogen and oxygen atoms in total. The van der Waals surface area contributed by atoms with E-state index in [0.29, 0.717) is 5.92 Å². The summed E-state index contributed by atoms with van der Waals surface area (Å²) in [5.74, 6) is 2.26. The maximum absolute atomic E-state index is 5.32. The largest absolute Gasteiger partial charge is 0.469 e. The van der Waals surface area contributed by atoms with E-state index < -0.39 is 0 Å². The molecule has 0 aliphatic carbocycles. The molecule has 0 amide bonds. The first-order chi connectivity index (χ1) is 10.2. The Hall–Kier alpha value is -1.82. The Morgan fingerprint density at radius 3 is 3.05 bits per heavy atom. The van der Waals surface area contributed by atoms with Gasteiger partial charge in [0.05, 0.1) is 11.3 Å². The molecule has 0 aliphatic heterocycles. The molecule has 0 spiro atoms. The molecule has 1 atom stereocenters. The fraction of sp³-hybridized carbons (Fsp3) is 0.467. The smallest absolute Gasteiger partial charge is 0.193 e. The van der Waals surface area contributed by atoms with Crippen LogP contribution in [0.2, 0.25) is 0 Å². The number of nitrogens with one attached hydrogen (secondary N) is 1. The highest BCUT2D eigenvalue weighted by atomic mass is 32.1. The number of hydrogen-bond donors (Lipinski definition) is 1. The summed E-state index contributed by atoms with van der Waals surface area (Å²) in [5.41, 5.74) is 0. The summed E-state index contributed by atoms with van der Waals surface area (Å²) < 4.78 is 5.32. The zero-order chi connectivity index (χ0) is 15.1. The monoisotopic (exact) mass is 306 g/mol. The Kier molecular flexibility index (Phi) is 5.80. The maximum atomic E-state index is 5.32. The Morgan fingerprint density at radius 1 is 1.57 bits per heavy atom. The second-order valence-electron chi connectivity index (χ2n) is 4.96. The predicted octanol–water partition coefficient (Wildman–Crippen LogP) is 2.59. The maximum Gasteiger partial charge on any atom is 0.193 e. The molecule has 2 aromatic heterocycles. The summed E-state index contributed by atoms with van der Waals surface area (Å²) in [6, 6.07) is 3.89. The van der Waals surface area contributed by atoms with E-state index in [1.165, 1.54) is 0 Å². The van der Waals surface area contributed by atoms with Crippen molar-refractivity contribution in [2.75, 3.05) is 27.2 Å². The van der Waals surface area contributed by atoms with E-state index in [1.807, 2.05) is 30.8 Å². The molecule has 0 saturated heterocycles. The van der Waals surface area contributed by atoms with Gasteiger partial charge in [0.15, 0.2) is 5.96 Å². The number of furan rings is 1. The molecule has 0 saturated carbocycles. The highest BCUT2D eigenvalue weighted by molar-refractivity contribution is 7.09. The number of nitrogens with zero attached hydrogens (tertiary/aromatic N) is 3. The summed E-state index contributed by atoms with van der Waals surface area (Å²) in [5, 5.41) is 6.53. The molecule has 0 aliphatic rings. The van der Waals surface area contributed by atoms with Crippen LogP contribution in [0.5, 0.6) is 0 Å². The van der Waals surface area contributed by atoms with Crippen LogP contribution in [0.1, 0.15) is 23.6 Å². The minimum Gasteiger partial charge on any atom is -0.469 e. The molecule has 0 radical (unpaired) electrons. The highest BCUT2D eigenvalue weighted by Crippen LogP contribution is 2.18. The molecule has 114 valence electrons. The number of aliphatic imine (C=N–C) groups is 1. The third-order valence-corrected chi connectivity index (χ3v) is 4.24. The highest BCUT2D eigenvalue weighted by Gasteiger charge is 2.13. The Morgan fingerprint density at radius 2 is 2.43 bits per heavy atom. The van der Waals surface area contributed by atoms with Gasteiger partial charge in [-0.2, -0.15) is 0 Å². The predicted molar refractivity (Wildman–Crippen MR) is 86.9 cm³/mol. The number of aromatic nitrogens is 1. The van der Waals surface area contributed by atoms with Crippen molar-refractivity contribution in [2.24, 2.45) is 4.99 Å². The molecule has 0 fully saturated rings. The van der Waals surface area contributed by atoms with Crippen molar-refractivity contribution in [2.45, 2.75) is 19.3 Å². The number of thiazole rings is 1. The molecule has 21 heavy (non-hydrogen) atoms. The lowest BCUT2D eigenvalue weighted by molar-refractivity contribution is 0.444. The van der Waals surface area contributed by atoms with Crippen molar-refractivity contribution >= 4 is 17.3 Å². The van der Waals surface area contributed by atoms with Gasteiger partial charge >= 0.3 is 0 Å². The van der Waals surface area contributed by atoms with Gasteiger partial charge in [-0.3, -0.25) is 4.99 Å². The molecule has 1 unspecified atom stereocenters. The van der Waals surface area contributed by atoms with Gasteiger partial charge in [0.2, 0.25) is 0 Å². The summed E-state index contributed by atoms with van der Waals surface area (Å²) in [6.45, 7) is 3.87. The Balaban J connectivity index is 1.80. The second-order valence-corrected chi connectivity index (χ2v) is 5.88. The molecule has 1 N–H and O–H groups in total. The van der Waals surface area contributed by atoms with Crippen LogP contribution in [-0.2, 0) is 6.42 Å². The summed E-state index contributed by atoms with van der Waals surface area (Å²) in [4.78, 5) is 10.8. The van der Waals surface area contributed by atoms with Crippen LogP contribution in [0.3, 0.4) is 0 Å². The lowest BCUT2D eigenvalue weighted by atomic mass is 10.2. The zero-order valence-electron chi connectivity index (χ0n) is 12.7. The summed E-state index contributed by atoms with van der Waals surface area (Å²) >= 11 is 1.70. The minimum absolute atomic E-state index is 0.388. The number of guanidine groups is 1. The van der Waals surface area contributed by atoms with Gasteiger partial charge in [-0.15, -0.1) is 11.3 Å². The molecule has 6 heteroatoms. The first-order valence-corrected chi connectivity index (χ1v) is 7.92. The fourth-order valence-electron chi connectivity index (χ4n) is 2.19. The van der Waals surface area contributed by atoms with E-state index >= 15 is 0 Å². The van der Waals surface area contributed by atoms with Crippen LogP contribution in [0.25, 0.3) is 0 Å². The molecule has 0 bridgehead atoms. The molecular formula is C15H22N4OS. The molecule has 2 aromatic rings. The van der Waals surface area contributed by atoms with Crippen LogP contribution >= 0.6 is 11.3 Å². The SMILES string of the molecule is CN=C(NCCc1ccco1)N(C)CC(C)c1nccs1. The van der Waals surface area contributed by atoms with Crippen molar-refractivity contribution in [3.63, 3.8) is 0 Å². The normalized spacial score (nSPS) is 13.2. The number of likely N-dealkylation sites (N-methyl/N-ethyl adjacent to an activating group) is 1. The van der Waals surface area contributed by atoms with E-state index in [-0.39, 0.29) is 0 Å². The molecule has 2 rings (SSSR count). The molecular weight excluding hydrogens is 284 g/mol. The topological polar surface area (TPSA) is 53.7 Å². The van der Waals surface area contributed by atoms with Gasteiger partial charge in [0.25, 0.3) is 0 Å². The van der Waals surface area contributed by atoms with Crippen LogP contribution in [-0.4, -0.2) is 43.0 Å². The second kappa shape index (κ2) is 7.83. The molecule has 0 aromatic carbocycles. The first-order valence-electron chi connectivity index (χ1n) is 7.04. The van der Waals surface area contributed by atoms with Crippen LogP contribution in [0.4, 0.5) is 0 Å². The van der Waals surface area contributed by atoms with E-state index in [9.17, 15) is 0 Å². The Bertz CT molecular complexity index is 536.